The van der Waals surface area contributed by atoms with Crippen LogP contribution in [0, 0.1) is 0 Å². The fourth-order valence-electron chi connectivity index (χ4n) is 3.13. The van der Waals surface area contributed by atoms with E-state index in [1.807, 2.05) is 34.2 Å². The van der Waals surface area contributed by atoms with Gasteiger partial charge < -0.3 is 4.90 Å². The Labute approximate surface area is 165 Å². The van der Waals surface area contributed by atoms with Gasteiger partial charge >= 0.3 is 0 Å². The van der Waals surface area contributed by atoms with Crippen LogP contribution < -0.4 is 0 Å². The summed E-state index contributed by atoms with van der Waals surface area (Å²) in [4.78, 5) is 18.0. The minimum atomic E-state index is -3.46. The number of hydrogen-bond donors (Lipinski definition) is 0. The Morgan fingerprint density at radius 1 is 1.07 bits per heavy atom. The summed E-state index contributed by atoms with van der Waals surface area (Å²) in [7, 11) is -3.46. The number of hydrogen-bond acceptors (Lipinski definition) is 5. The topological polar surface area (TPSA) is 60.9 Å². The summed E-state index contributed by atoms with van der Waals surface area (Å²) in [5, 5.41) is 2.01. The number of nitrogens with zero attached hydrogens (tertiary/aromatic N) is 3. The molecule has 0 N–H and O–H groups in total. The van der Waals surface area contributed by atoms with Crippen molar-refractivity contribution in [3.8, 4) is 0 Å². The average molecular weight is 408 g/mol. The van der Waals surface area contributed by atoms with E-state index >= 15 is 0 Å². The lowest BCUT2D eigenvalue weighted by molar-refractivity contribution is -0.133. The third-order valence-electron chi connectivity index (χ3n) is 4.73. The van der Waals surface area contributed by atoms with Crippen LogP contribution in [0.4, 0.5) is 0 Å². The molecule has 3 rings (SSSR count). The van der Waals surface area contributed by atoms with Gasteiger partial charge in [0, 0.05) is 37.6 Å². The van der Waals surface area contributed by atoms with Crippen molar-refractivity contribution >= 4 is 27.3 Å². The lowest BCUT2D eigenvalue weighted by Gasteiger charge is -2.34. The van der Waals surface area contributed by atoms with Crippen molar-refractivity contribution in [3.05, 3.63) is 52.7 Å². The molecule has 0 saturated carbocycles. The van der Waals surface area contributed by atoms with Gasteiger partial charge in [-0.2, -0.15) is 4.31 Å². The van der Waals surface area contributed by atoms with Gasteiger partial charge in [0.25, 0.3) is 0 Å². The molecule has 2 heterocycles. The maximum atomic E-state index is 12.7. The molecule has 1 saturated heterocycles. The molecular weight excluding hydrogens is 382 g/mol. The van der Waals surface area contributed by atoms with E-state index in [4.69, 9.17) is 0 Å². The van der Waals surface area contributed by atoms with Gasteiger partial charge in [-0.05, 0) is 30.5 Å². The summed E-state index contributed by atoms with van der Waals surface area (Å²) in [5.74, 6) is 0.0882. The van der Waals surface area contributed by atoms with Crippen LogP contribution in [0.15, 0.2) is 52.7 Å². The highest BCUT2D eigenvalue weighted by atomic mass is 32.2. The molecule has 146 valence electrons. The molecule has 1 aliphatic heterocycles. The minimum absolute atomic E-state index is 0.0882. The first kappa shape index (κ1) is 20.0. The van der Waals surface area contributed by atoms with Crippen molar-refractivity contribution in [2.75, 3.05) is 39.3 Å². The van der Waals surface area contributed by atoms with Gasteiger partial charge in [-0.1, -0.05) is 24.3 Å². The second-order valence-electron chi connectivity index (χ2n) is 6.48. The Balaban J connectivity index is 1.54. The third-order valence-corrected chi connectivity index (χ3v) is 7.51. The van der Waals surface area contributed by atoms with Gasteiger partial charge in [-0.3, -0.25) is 9.69 Å². The predicted octanol–water partition coefficient (Wildman–Crippen LogP) is 2.10. The number of carbonyl (C=O) groups is 1. The molecule has 8 heteroatoms. The van der Waals surface area contributed by atoms with Crippen molar-refractivity contribution in [1.29, 1.82) is 0 Å². The van der Waals surface area contributed by atoms with Crippen LogP contribution in [-0.2, 0) is 21.4 Å². The molecule has 0 spiro atoms. The Kier molecular flexibility index (Phi) is 6.64. The Hall–Kier alpha value is -1.74. The van der Waals surface area contributed by atoms with Gasteiger partial charge in [-0.25, -0.2) is 8.42 Å². The molecule has 0 atom stereocenters. The number of amides is 1. The van der Waals surface area contributed by atoms with Crippen molar-refractivity contribution < 1.29 is 13.2 Å². The molecular formula is C19H25N3O3S2. The van der Waals surface area contributed by atoms with Crippen LogP contribution in [-0.4, -0.2) is 67.7 Å². The van der Waals surface area contributed by atoms with Gasteiger partial charge in [0.05, 0.1) is 18.0 Å². The number of thiophene rings is 1. The lowest BCUT2D eigenvalue weighted by Crippen LogP contribution is -2.51. The zero-order valence-electron chi connectivity index (χ0n) is 15.5. The third kappa shape index (κ3) is 4.95. The highest BCUT2D eigenvalue weighted by Crippen LogP contribution is 2.17. The van der Waals surface area contributed by atoms with Crippen LogP contribution in [0.3, 0.4) is 0 Å². The second-order valence-corrected chi connectivity index (χ2v) is 9.45. The zero-order chi connectivity index (χ0) is 19.3. The van der Waals surface area contributed by atoms with Gasteiger partial charge in [0.2, 0.25) is 15.9 Å². The fraction of sp³-hybridized carbons (Fsp3) is 0.421. The molecule has 2 aromatic rings. The van der Waals surface area contributed by atoms with Crippen molar-refractivity contribution in [1.82, 2.24) is 14.1 Å². The van der Waals surface area contributed by atoms with Crippen LogP contribution >= 0.6 is 11.3 Å². The first-order chi connectivity index (χ1) is 13.0. The quantitative estimate of drug-likeness (QED) is 0.705. The number of likely N-dealkylation sites (N-methyl/N-ethyl adjacent to an activating group) is 1. The monoisotopic (exact) mass is 407 g/mol. The summed E-state index contributed by atoms with van der Waals surface area (Å²) in [5.41, 5.74) is 0. The SMILES string of the molecule is CCN(Cc1cccs1)C(=O)CN1CCN(S(=O)(=O)c2ccccc2)CC1. The van der Waals surface area contributed by atoms with E-state index in [0.717, 1.165) is 0 Å². The van der Waals surface area contributed by atoms with Crippen molar-refractivity contribution in [2.24, 2.45) is 0 Å². The summed E-state index contributed by atoms with van der Waals surface area (Å²) in [6.07, 6.45) is 0. The molecule has 1 fully saturated rings. The van der Waals surface area contributed by atoms with E-state index in [0.29, 0.717) is 50.7 Å². The zero-order valence-corrected chi connectivity index (χ0v) is 17.1. The molecule has 6 nitrogen and oxygen atoms in total. The average Bonchev–Trinajstić information content (AvgIpc) is 3.20. The number of sulfonamides is 1. The Morgan fingerprint density at radius 3 is 2.37 bits per heavy atom. The van der Waals surface area contributed by atoms with Gasteiger partial charge in [0.15, 0.2) is 0 Å². The van der Waals surface area contributed by atoms with Crippen LogP contribution in [0.2, 0.25) is 0 Å². The van der Waals surface area contributed by atoms with E-state index in [2.05, 4.69) is 0 Å². The predicted molar refractivity (Wildman–Crippen MR) is 107 cm³/mol. The summed E-state index contributed by atoms with van der Waals surface area (Å²) < 4.78 is 26.9. The first-order valence-electron chi connectivity index (χ1n) is 9.08. The second kappa shape index (κ2) is 8.97. The number of carbonyl (C=O) groups excluding carboxylic acids is 1. The number of piperazine rings is 1. The minimum Gasteiger partial charge on any atom is -0.337 e. The largest absolute Gasteiger partial charge is 0.337 e. The highest BCUT2D eigenvalue weighted by Gasteiger charge is 2.29. The van der Waals surface area contributed by atoms with E-state index in [9.17, 15) is 13.2 Å². The summed E-state index contributed by atoms with van der Waals surface area (Å²) in [6.45, 7) is 5.55. The smallest absolute Gasteiger partial charge is 0.243 e. The molecule has 1 aromatic carbocycles. The molecule has 27 heavy (non-hydrogen) atoms. The van der Waals surface area contributed by atoms with E-state index < -0.39 is 10.0 Å². The van der Waals surface area contributed by atoms with Crippen LogP contribution in [0.1, 0.15) is 11.8 Å². The molecule has 0 unspecified atom stereocenters. The van der Waals surface area contributed by atoms with Crippen LogP contribution in [0.25, 0.3) is 0 Å². The number of benzene rings is 1. The van der Waals surface area contributed by atoms with Crippen LogP contribution in [0.5, 0.6) is 0 Å². The van der Waals surface area contributed by atoms with Crippen molar-refractivity contribution in [2.45, 2.75) is 18.4 Å². The van der Waals surface area contributed by atoms with Gasteiger partial charge in [-0.15, -0.1) is 11.3 Å². The maximum Gasteiger partial charge on any atom is 0.243 e. The number of rotatable bonds is 7. The van der Waals surface area contributed by atoms with E-state index in [-0.39, 0.29) is 5.91 Å². The molecule has 1 aromatic heterocycles. The Morgan fingerprint density at radius 2 is 1.78 bits per heavy atom. The molecule has 0 aliphatic carbocycles. The maximum absolute atomic E-state index is 12.7. The normalized spacial score (nSPS) is 16.3. The Bertz CT molecular complexity index is 830. The van der Waals surface area contributed by atoms with E-state index in [1.165, 1.54) is 9.18 Å². The fourth-order valence-corrected chi connectivity index (χ4v) is 5.29. The lowest BCUT2D eigenvalue weighted by atomic mass is 10.3. The molecule has 1 aliphatic rings. The molecule has 0 bridgehead atoms. The van der Waals surface area contributed by atoms with E-state index in [1.54, 1.807) is 41.7 Å². The first-order valence-corrected chi connectivity index (χ1v) is 11.4. The summed E-state index contributed by atoms with van der Waals surface area (Å²) >= 11 is 1.65. The van der Waals surface area contributed by atoms with Gasteiger partial charge in [0.1, 0.15) is 0 Å². The highest BCUT2D eigenvalue weighted by molar-refractivity contribution is 7.89. The summed E-state index contributed by atoms with van der Waals surface area (Å²) in [6, 6.07) is 12.5. The molecule has 1 amide bonds. The molecule has 0 radical (unpaired) electrons. The standard InChI is InChI=1S/C19H25N3O3S2/c1-2-21(15-17-7-6-14-26-17)19(23)16-20-10-12-22(13-11-20)27(24,25)18-8-4-3-5-9-18/h3-9,14H,2,10-13,15-16H2,1H3. The van der Waals surface area contributed by atoms with Crippen molar-refractivity contribution in [3.63, 3.8) is 0 Å².